The molecule has 4 N–H and O–H groups in total. The van der Waals surface area contributed by atoms with Crippen molar-refractivity contribution < 1.29 is 19.5 Å². The molecular weight excluding hydrogens is 302 g/mol. The Balaban J connectivity index is 2.95. The maximum atomic E-state index is 12.3. The number of carbonyl (C=O) groups excluding carboxylic acids is 2. The molecule has 8 heteroatoms. The molecule has 1 rings (SSSR count). The van der Waals surface area contributed by atoms with Crippen LogP contribution in [-0.4, -0.2) is 40.0 Å². The van der Waals surface area contributed by atoms with Gasteiger partial charge in [0.25, 0.3) is 5.91 Å². The van der Waals surface area contributed by atoms with Gasteiger partial charge in [0.1, 0.15) is 12.1 Å². The molecule has 0 bridgehead atoms. The number of pyridine rings is 1. The van der Waals surface area contributed by atoms with Gasteiger partial charge in [0.2, 0.25) is 11.5 Å². The molecule has 126 valence electrons. The third kappa shape index (κ3) is 5.24. The number of nitrogens with one attached hydrogen (secondary N) is 3. The zero-order valence-corrected chi connectivity index (χ0v) is 13.5. The minimum atomic E-state index is -1.17. The molecule has 0 saturated heterocycles. The van der Waals surface area contributed by atoms with Crippen LogP contribution in [0.25, 0.3) is 0 Å². The van der Waals surface area contributed by atoms with Crippen LogP contribution in [0.3, 0.4) is 0 Å². The van der Waals surface area contributed by atoms with Crippen LogP contribution in [0.5, 0.6) is 0 Å². The highest BCUT2D eigenvalue weighted by molar-refractivity contribution is 5.98. The van der Waals surface area contributed by atoms with Gasteiger partial charge >= 0.3 is 5.97 Å². The summed E-state index contributed by atoms with van der Waals surface area (Å²) in [7, 11) is 0. The second kappa shape index (κ2) is 7.08. The molecule has 0 aliphatic heterocycles. The second-order valence-corrected chi connectivity index (χ2v) is 6.28. The van der Waals surface area contributed by atoms with Gasteiger partial charge in [-0.05, 0) is 18.4 Å². The lowest BCUT2D eigenvalue weighted by molar-refractivity contribution is -0.142. The summed E-state index contributed by atoms with van der Waals surface area (Å²) in [5, 5.41) is 13.7. The summed E-state index contributed by atoms with van der Waals surface area (Å²) in [4.78, 5) is 49.0. The third-order valence-corrected chi connectivity index (χ3v) is 3.17. The van der Waals surface area contributed by atoms with Gasteiger partial charge in [0.05, 0.1) is 0 Å². The Morgan fingerprint density at radius 1 is 1.22 bits per heavy atom. The SMILES string of the molecule is CC(NC(=O)C(NC(=O)c1cc[nH]c(=O)c1)C(C)(C)C)C(=O)O. The fourth-order valence-corrected chi connectivity index (χ4v) is 1.83. The van der Waals surface area contributed by atoms with Gasteiger partial charge < -0.3 is 20.7 Å². The van der Waals surface area contributed by atoms with Crippen LogP contribution in [-0.2, 0) is 9.59 Å². The van der Waals surface area contributed by atoms with Crippen LogP contribution >= 0.6 is 0 Å². The number of hydrogen-bond acceptors (Lipinski definition) is 4. The van der Waals surface area contributed by atoms with Crippen LogP contribution in [0.4, 0.5) is 0 Å². The van der Waals surface area contributed by atoms with Crippen LogP contribution < -0.4 is 16.2 Å². The van der Waals surface area contributed by atoms with Crippen molar-refractivity contribution in [1.82, 2.24) is 15.6 Å². The molecule has 0 fully saturated rings. The van der Waals surface area contributed by atoms with Gasteiger partial charge in [0, 0.05) is 17.8 Å². The molecule has 2 amide bonds. The standard InChI is InChI=1S/C15H21N3O5/c1-8(14(22)23)17-13(21)11(15(2,3)4)18-12(20)9-5-6-16-10(19)7-9/h5-8,11H,1-4H3,(H,16,19)(H,17,21)(H,18,20)(H,22,23). The van der Waals surface area contributed by atoms with Crippen molar-refractivity contribution in [2.45, 2.75) is 39.8 Å². The maximum absolute atomic E-state index is 12.3. The molecule has 8 nitrogen and oxygen atoms in total. The molecule has 0 radical (unpaired) electrons. The summed E-state index contributed by atoms with van der Waals surface area (Å²) in [6, 6.07) is 0.487. The maximum Gasteiger partial charge on any atom is 0.325 e. The van der Waals surface area contributed by atoms with Gasteiger partial charge in [-0.15, -0.1) is 0 Å². The lowest BCUT2D eigenvalue weighted by Gasteiger charge is -2.31. The first-order valence-electron chi connectivity index (χ1n) is 7.05. The smallest absolute Gasteiger partial charge is 0.325 e. The summed E-state index contributed by atoms with van der Waals surface area (Å²) in [5.74, 6) is -2.37. The van der Waals surface area contributed by atoms with Gasteiger partial charge in [-0.25, -0.2) is 0 Å². The summed E-state index contributed by atoms with van der Waals surface area (Å²) in [6.45, 7) is 6.54. The van der Waals surface area contributed by atoms with Gasteiger partial charge in [-0.2, -0.15) is 0 Å². The summed E-state index contributed by atoms with van der Waals surface area (Å²) in [5.41, 5.74) is -0.977. The van der Waals surface area contributed by atoms with E-state index in [9.17, 15) is 19.2 Å². The van der Waals surface area contributed by atoms with Gasteiger partial charge in [-0.3, -0.25) is 19.2 Å². The van der Waals surface area contributed by atoms with E-state index in [4.69, 9.17) is 5.11 Å². The Bertz CT molecular complexity index is 660. The molecule has 2 unspecified atom stereocenters. The van der Waals surface area contributed by atoms with Crippen molar-refractivity contribution in [2.24, 2.45) is 5.41 Å². The van der Waals surface area contributed by atoms with Crippen molar-refractivity contribution in [2.75, 3.05) is 0 Å². The average Bonchev–Trinajstić information content (AvgIpc) is 2.42. The van der Waals surface area contributed by atoms with E-state index in [1.54, 1.807) is 20.8 Å². The topological polar surface area (TPSA) is 128 Å². The highest BCUT2D eigenvalue weighted by atomic mass is 16.4. The molecule has 23 heavy (non-hydrogen) atoms. The first-order valence-corrected chi connectivity index (χ1v) is 7.05. The fraction of sp³-hybridized carbons (Fsp3) is 0.467. The Morgan fingerprint density at radius 3 is 2.30 bits per heavy atom. The van der Waals surface area contributed by atoms with E-state index in [0.29, 0.717) is 0 Å². The van der Waals surface area contributed by atoms with E-state index < -0.39 is 40.8 Å². The first kappa shape index (κ1) is 18.4. The van der Waals surface area contributed by atoms with Crippen molar-refractivity contribution in [3.63, 3.8) is 0 Å². The molecule has 0 spiro atoms. The predicted octanol–water partition coefficient (Wildman–Crippen LogP) is 0.109. The van der Waals surface area contributed by atoms with Crippen LogP contribution in [0.1, 0.15) is 38.1 Å². The molecule has 1 aromatic rings. The molecular formula is C15H21N3O5. The van der Waals surface area contributed by atoms with Crippen molar-refractivity contribution in [1.29, 1.82) is 0 Å². The molecule has 0 saturated carbocycles. The zero-order valence-electron chi connectivity index (χ0n) is 13.5. The number of aromatic amines is 1. The largest absolute Gasteiger partial charge is 0.480 e. The average molecular weight is 323 g/mol. The van der Waals surface area contributed by atoms with Gasteiger partial charge in [0.15, 0.2) is 0 Å². The quantitative estimate of drug-likeness (QED) is 0.611. The fourth-order valence-electron chi connectivity index (χ4n) is 1.83. The normalized spacial score (nSPS) is 13.7. The van der Waals surface area contributed by atoms with Gasteiger partial charge in [-0.1, -0.05) is 20.8 Å². The number of carboxylic acids is 1. The first-order chi connectivity index (χ1) is 10.5. The number of carbonyl (C=O) groups is 3. The summed E-state index contributed by atoms with van der Waals surface area (Å²) >= 11 is 0. The molecule has 0 aliphatic rings. The number of aromatic nitrogens is 1. The monoisotopic (exact) mass is 323 g/mol. The minimum absolute atomic E-state index is 0.113. The lowest BCUT2D eigenvalue weighted by Crippen LogP contribution is -2.56. The summed E-state index contributed by atoms with van der Waals surface area (Å²) in [6.07, 6.45) is 1.33. The lowest BCUT2D eigenvalue weighted by atomic mass is 9.85. The van der Waals surface area contributed by atoms with E-state index in [0.717, 1.165) is 6.07 Å². The zero-order chi connectivity index (χ0) is 17.8. The Labute approximate surface area is 133 Å². The number of hydrogen-bond donors (Lipinski definition) is 4. The molecule has 0 aliphatic carbocycles. The van der Waals surface area contributed by atoms with E-state index >= 15 is 0 Å². The highest BCUT2D eigenvalue weighted by Crippen LogP contribution is 2.20. The number of carboxylic acid groups (broad SMARTS) is 1. The van der Waals surface area contributed by atoms with Crippen LogP contribution in [0.15, 0.2) is 23.1 Å². The molecule has 0 aromatic carbocycles. The van der Waals surface area contributed by atoms with E-state index in [1.165, 1.54) is 19.2 Å². The van der Waals surface area contributed by atoms with E-state index in [-0.39, 0.29) is 5.56 Å². The third-order valence-electron chi connectivity index (χ3n) is 3.17. The van der Waals surface area contributed by atoms with E-state index in [1.807, 2.05) is 0 Å². The number of aliphatic carboxylic acids is 1. The Kier molecular flexibility index (Phi) is 5.67. The predicted molar refractivity (Wildman–Crippen MR) is 83.0 cm³/mol. The minimum Gasteiger partial charge on any atom is -0.480 e. The number of H-pyrrole nitrogens is 1. The van der Waals surface area contributed by atoms with Crippen LogP contribution in [0, 0.1) is 5.41 Å². The van der Waals surface area contributed by atoms with Crippen molar-refractivity contribution >= 4 is 17.8 Å². The molecule has 2 atom stereocenters. The summed E-state index contributed by atoms with van der Waals surface area (Å²) < 4.78 is 0. The molecule has 1 heterocycles. The van der Waals surface area contributed by atoms with Crippen molar-refractivity contribution in [3.8, 4) is 0 Å². The Morgan fingerprint density at radius 2 is 1.83 bits per heavy atom. The van der Waals surface area contributed by atoms with Crippen LogP contribution in [0.2, 0.25) is 0 Å². The second-order valence-electron chi connectivity index (χ2n) is 6.28. The van der Waals surface area contributed by atoms with E-state index in [2.05, 4.69) is 15.6 Å². The number of rotatable bonds is 5. The highest BCUT2D eigenvalue weighted by Gasteiger charge is 2.34. The van der Waals surface area contributed by atoms with Crippen molar-refractivity contribution in [3.05, 3.63) is 34.2 Å². The number of amides is 2. The Hall–Kier alpha value is -2.64. The molecule has 1 aromatic heterocycles.